The van der Waals surface area contributed by atoms with Gasteiger partial charge in [0.15, 0.2) is 0 Å². The summed E-state index contributed by atoms with van der Waals surface area (Å²) in [5.41, 5.74) is 3.23. The molecule has 2 aromatic heterocycles. The van der Waals surface area contributed by atoms with Crippen LogP contribution < -0.4 is 10.2 Å². The number of benzene rings is 2. The number of carbonyl (C=O) groups is 1. The monoisotopic (exact) mass is 575 g/mol. The molecular formula is C30H33N5O3S2. The highest BCUT2D eigenvalue weighted by atomic mass is 32.2. The van der Waals surface area contributed by atoms with Gasteiger partial charge in [0.2, 0.25) is 15.9 Å². The third-order valence-electron chi connectivity index (χ3n) is 7.67. The van der Waals surface area contributed by atoms with Gasteiger partial charge in [-0.25, -0.2) is 18.4 Å². The van der Waals surface area contributed by atoms with Crippen molar-refractivity contribution in [1.82, 2.24) is 14.3 Å². The molecule has 1 N–H and O–H groups in total. The highest BCUT2D eigenvalue weighted by Gasteiger charge is 2.31. The molecule has 1 saturated heterocycles. The Morgan fingerprint density at radius 1 is 0.925 bits per heavy atom. The molecular weight excluding hydrogens is 542 g/mol. The van der Waals surface area contributed by atoms with Crippen molar-refractivity contribution in [3.63, 3.8) is 0 Å². The van der Waals surface area contributed by atoms with Crippen LogP contribution in [0.3, 0.4) is 0 Å². The Labute approximate surface area is 239 Å². The van der Waals surface area contributed by atoms with Crippen molar-refractivity contribution in [2.45, 2.75) is 50.3 Å². The Balaban J connectivity index is 1.24. The van der Waals surface area contributed by atoms with E-state index in [2.05, 4.69) is 34.5 Å². The van der Waals surface area contributed by atoms with Crippen LogP contribution in [0.2, 0.25) is 0 Å². The largest absolute Gasteiger partial charge is 0.353 e. The average Bonchev–Trinajstić information content (AvgIpc) is 3.35. The lowest BCUT2D eigenvalue weighted by molar-refractivity contribution is -0.114. The first-order valence-corrected chi connectivity index (χ1v) is 16.1. The van der Waals surface area contributed by atoms with Crippen molar-refractivity contribution >= 4 is 49.0 Å². The highest BCUT2D eigenvalue weighted by Crippen LogP contribution is 2.40. The van der Waals surface area contributed by atoms with E-state index in [0.717, 1.165) is 42.2 Å². The Morgan fingerprint density at radius 2 is 1.65 bits per heavy atom. The van der Waals surface area contributed by atoms with Gasteiger partial charge < -0.3 is 10.2 Å². The maximum Gasteiger partial charge on any atom is 0.243 e. The predicted octanol–water partition coefficient (Wildman–Crippen LogP) is 4.82. The summed E-state index contributed by atoms with van der Waals surface area (Å²) in [5.74, 6) is 1.61. The number of hydrogen-bond donors (Lipinski definition) is 1. The molecule has 2 aromatic carbocycles. The Kier molecular flexibility index (Phi) is 7.57. The van der Waals surface area contributed by atoms with E-state index in [4.69, 9.17) is 9.97 Å². The van der Waals surface area contributed by atoms with Gasteiger partial charge in [-0.1, -0.05) is 30.3 Å². The normalized spacial score (nSPS) is 16.2. The van der Waals surface area contributed by atoms with Crippen LogP contribution in [0.25, 0.3) is 10.2 Å². The average molecular weight is 576 g/mol. The molecule has 6 rings (SSSR count). The highest BCUT2D eigenvalue weighted by molar-refractivity contribution is 7.89. The number of hydrogen-bond acceptors (Lipinski definition) is 7. The zero-order chi connectivity index (χ0) is 27.7. The summed E-state index contributed by atoms with van der Waals surface area (Å²) in [6.45, 7) is 3.32. The Bertz CT molecular complexity index is 1630. The molecule has 8 nitrogen and oxygen atoms in total. The molecule has 0 atom stereocenters. The summed E-state index contributed by atoms with van der Waals surface area (Å²) in [5, 5.41) is 3.85. The maximum atomic E-state index is 13.4. The van der Waals surface area contributed by atoms with Crippen LogP contribution in [0, 0.1) is 0 Å². The van der Waals surface area contributed by atoms with E-state index in [0.29, 0.717) is 31.9 Å². The number of sulfonamides is 1. The third-order valence-corrected chi connectivity index (χ3v) is 10.8. The molecule has 2 aliphatic rings. The van der Waals surface area contributed by atoms with Crippen molar-refractivity contribution in [1.29, 1.82) is 0 Å². The van der Waals surface area contributed by atoms with E-state index >= 15 is 0 Å². The summed E-state index contributed by atoms with van der Waals surface area (Å²) < 4.78 is 28.3. The maximum absolute atomic E-state index is 13.4. The number of rotatable bonds is 7. The van der Waals surface area contributed by atoms with E-state index in [1.54, 1.807) is 28.6 Å². The van der Waals surface area contributed by atoms with Crippen LogP contribution >= 0.6 is 11.3 Å². The molecule has 208 valence electrons. The van der Waals surface area contributed by atoms with Gasteiger partial charge in [-0.2, -0.15) is 4.31 Å². The minimum atomic E-state index is -3.64. The Morgan fingerprint density at radius 3 is 2.38 bits per heavy atom. The second kappa shape index (κ2) is 11.3. The van der Waals surface area contributed by atoms with E-state index in [1.165, 1.54) is 41.2 Å². The lowest BCUT2D eigenvalue weighted by atomic mass is 9.97. The summed E-state index contributed by atoms with van der Waals surface area (Å²) >= 11 is 1.81. The van der Waals surface area contributed by atoms with Crippen molar-refractivity contribution in [3.8, 4) is 0 Å². The van der Waals surface area contributed by atoms with E-state index < -0.39 is 10.0 Å². The first-order valence-electron chi connectivity index (χ1n) is 13.9. The van der Waals surface area contributed by atoms with Gasteiger partial charge in [-0.05, 0) is 67.5 Å². The first-order chi connectivity index (χ1) is 19.4. The fourth-order valence-corrected chi connectivity index (χ4v) is 8.32. The molecule has 0 spiro atoms. The molecule has 0 unspecified atom stereocenters. The van der Waals surface area contributed by atoms with Crippen LogP contribution in [0.4, 0.5) is 11.5 Å². The Hall–Kier alpha value is -3.34. The molecule has 1 aliphatic carbocycles. The molecule has 1 fully saturated rings. The van der Waals surface area contributed by atoms with Crippen LogP contribution in [0.1, 0.15) is 41.6 Å². The van der Waals surface area contributed by atoms with Crippen molar-refractivity contribution < 1.29 is 13.2 Å². The van der Waals surface area contributed by atoms with Crippen LogP contribution in [0.15, 0.2) is 59.5 Å². The minimum absolute atomic E-state index is 0.194. The second-order valence-corrected chi connectivity index (χ2v) is 13.5. The van der Waals surface area contributed by atoms with E-state index in [1.807, 2.05) is 17.4 Å². The van der Waals surface area contributed by atoms with E-state index in [9.17, 15) is 13.2 Å². The number of amides is 1. The lowest BCUT2D eigenvalue weighted by Gasteiger charge is -2.35. The first kappa shape index (κ1) is 26.9. The number of aromatic nitrogens is 2. The molecule has 3 heterocycles. The standard InChI is InChI=1S/C30H33N5O3S2/c1-21(36)31-23-12-14-24(15-13-23)40(37,38)35-19-17-34(18-20-35)29-28-25-9-5-6-10-26(25)39-30(28)33-27(32-29)16-11-22-7-3-2-4-8-22/h2-4,7-8,12-15H,5-6,9-11,16-20H2,1H3,(H,31,36). The zero-order valence-electron chi connectivity index (χ0n) is 22.6. The number of aryl methyl sites for hydroxylation is 4. The molecule has 0 bridgehead atoms. The molecule has 1 aliphatic heterocycles. The third kappa shape index (κ3) is 5.48. The number of carbonyl (C=O) groups excluding carboxylic acids is 1. The van der Waals surface area contributed by atoms with Gasteiger partial charge in [0.05, 0.1) is 10.3 Å². The summed E-state index contributed by atoms with van der Waals surface area (Å²) in [7, 11) is -3.64. The molecule has 0 radical (unpaired) electrons. The van der Waals surface area contributed by atoms with Gasteiger partial charge in [0.25, 0.3) is 0 Å². The minimum Gasteiger partial charge on any atom is -0.353 e. The number of nitrogens with one attached hydrogen (secondary N) is 1. The van der Waals surface area contributed by atoms with Gasteiger partial charge in [0.1, 0.15) is 16.5 Å². The zero-order valence-corrected chi connectivity index (χ0v) is 24.2. The molecule has 1 amide bonds. The number of fused-ring (bicyclic) bond motifs is 3. The quantitative estimate of drug-likeness (QED) is 0.339. The van der Waals surface area contributed by atoms with Gasteiger partial charge >= 0.3 is 0 Å². The summed E-state index contributed by atoms with van der Waals surface area (Å²) in [6, 6.07) is 16.8. The molecule has 40 heavy (non-hydrogen) atoms. The number of anilines is 2. The van der Waals surface area contributed by atoms with Crippen molar-refractivity contribution in [2.75, 3.05) is 36.4 Å². The van der Waals surface area contributed by atoms with Gasteiger partial charge in [-0.3, -0.25) is 4.79 Å². The predicted molar refractivity (Wildman–Crippen MR) is 160 cm³/mol. The van der Waals surface area contributed by atoms with Crippen LogP contribution in [-0.4, -0.2) is 54.8 Å². The van der Waals surface area contributed by atoms with Gasteiger partial charge in [0, 0.05) is 50.1 Å². The van der Waals surface area contributed by atoms with Crippen molar-refractivity contribution in [3.05, 3.63) is 76.4 Å². The molecule has 0 saturated carbocycles. The molecule has 10 heteroatoms. The number of nitrogens with zero attached hydrogens (tertiary/aromatic N) is 4. The topological polar surface area (TPSA) is 95.5 Å². The summed E-state index contributed by atoms with van der Waals surface area (Å²) in [4.78, 5) is 26.4. The fourth-order valence-electron chi connectivity index (χ4n) is 5.63. The number of thiophene rings is 1. The van der Waals surface area contributed by atoms with Crippen LogP contribution in [-0.2, 0) is 40.5 Å². The smallest absolute Gasteiger partial charge is 0.243 e. The fraction of sp³-hybridized carbons (Fsp3) is 0.367. The number of piperazine rings is 1. The molecule has 4 aromatic rings. The van der Waals surface area contributed by atoms with Gasteiger partial charge in [-0.15, -0.1) is 11.3 Å². The SMILES string of the molecule is CC(=O)Nc1ccc(S(=O)(=O)N2CCN(c3nc(CCc4ccccc4)nc4sc5c(c34)CCCC5)CC2)cc1. The lowest BCUT2D eigenvalue weighted by Crippen LogP contribution is -2.49. The second-order valence-electron chi connectivity index (χ2n) is 10.4. The summed E-state index contributed by atoms with van der Waals surface area (Å²) in [6.07, 6.45) is 6.19. The van der Waals surface area contributed by atoms with Crippen LogP contribution in [0.5, 0.6) is 0 Å². The van der Waals surface area contributed by atoms with Crippen molar-refractivity contribution in [2.24, 2.45) is 0 Å². The van der Waals surface area contributed by atoms with E-state index in [-0.39, 0.29) is 10.8 Å².